The Morgan fingerprint density at radius 2 is 1.53 bits per heavy atom. The highest BCUT2D eigenvalue weighted by Crippen LogP contribution is 2.27. The van der Waals surface area contributed by atoms with Crippen LogP contribution < -0.4 is 5.32 Å². The van der Waals surface area contributed by atoms with Gasteiger partial charge in [0.1, 0.15) is 0 Å². The summed E-state index contributed by atoms with van der Waals surface area (Å²) in [7, 11) is 0. The molecule has 19 heavy (non-hydrogen) atoms. The van der Waals surface area contributed by atoms with E-state index < -0.39 is 0 Å². The van der Waals surface area contributed by atoms with Crippen molar-refractivity contribution < 1.29 is 0 Å². The van der Waals surface area contributed by atoms with Crippen molar-refractivity contribution in [3.63, 3.8) is 0 Å². The van der Waals surface area contributed by atoms with Gasteiger partial charge in [0.2, 0.25) is 0 Å². The van der Waals surface area contributed by atoms with Crippen molar-refractivity contribution in [1.29, 1.82) is 0 Å². The summed E-state index contributed by atoms with van der Waals surface area (Å²) in [5, 5.41) is 3.65. The Balaban J connectivity index is 2.84. The zero-order valence-electron chi connectivity index (χ0n) is 13.4. The SMILES string of the molecule is CCCC(C)C(NCC)c1ccc(C(C)CC)cc1. The molecule has 0 heterocycles. The van der Waals surface area contributed by atoms with Crippen LogP contribution in [0.2, 0.25) is 0 Å². The van der Waals surface area contributed by atoms with Gasteiger partial charge in [-0.15, -0.1) is 0 Å². The Morgan fingerprint density at radius 1 is 0.947 bits per heavy atom. The largest absolute Gasteiger partial charge is 0.310 e. The van der Waals surface area contributed by atoms with Gasteiger partial charge in [-0.1, -0.05) is 65.3 Å². The molecular formula is C18H31N. The molecule has 0 aliphatic rings. The maximum atomic E-state index is 3.65. The molecule has 1 aromatic rings. The third kappa shape index (κ3) is 4.65. The van der Waals surface area contributed by atoms with E-state index in [0.717, 1.165) is 6.54 Å². The van der Waals surface area contributed by atoms with E-state index in [1.54, 1.807) is 0 Å². The zero-order valence-corrected chi connectivity index (χ0v) is 13.4. The smallest absolute Gasteiger partial charge is 0.0345 e. The molecule has 108 valence electrons. The Kier molecular flexibility index (Phi) is 7.15. The number of hydrogen-bond acceptors (Lipinski definition) is 1. The molecule has 0 amide bonds. The summed E-state index contributed by atoms with van der Waals surface area (Å²) < 4.78 is 0. The van der Waals surface area contributed by atoms with E-state index in [-0.39, 0.29) is 0 Å². The summed E-state index contributed by atoms with van der Waals surface area (Å²) in [4.78, 5) is 0. The van der Waals surface area contributed by atoms with Crippen LogP contribution >= 0.6 is 0 Å². The molecule has 1 heteroatoms. The molecule has 0 spiro atoms. The van der Waals surface area contributed by atoms with Gasteiger partial charge < -0.3 is 5.32 Å². The van der Waals surface area contributed by atoms with E-state index in [1.165, 1.54) is 30.4 Å². The van der Waals surface area contributed by atoms with Crippen LogP contribution in [0.3, 0.4) is 0 Å². The Morgan fingerprint density at radius 3 is 2.00 bits per heavy atom. The Hall–Kier alpha value is -0.820. The highest BCUT2D eigenvalue weighted by atomic mass is 14.9. The Labute approximate surface area is 119 Å². The van der Waals surface area contributed by atoms with Crippen molar-refractivity contribution in [3.8, 4) is 0 Å². The minimum Gasteiger partial charge on any atom is -0.310 e. The van der Waals surface area contributed by atoms with Gasteiger partial charge in [0.15, 0.2) is 0 Å². The minimum atomic E-state index is 0.496. The fourth-order valence-corrected chi connectivity index (χ4v) is 2.76. The predicted octanol–water partition coefficient (Wildman–Crippen LogP) is 5.29. The molecule has 3 atom stereocenters. The molecule has 1 N–H and O–H groups in total. The van der Waals surface area contributed by atoms with Crippen LogP contribution in [0.15, 0.2) is 24.3 Å². The number of benzene rings is 1. The lowest BCUT2D eigenvalue weighted by molar-refractivity contribution is 0.369. The zero-order chi connectivity index (χ0) is 14.3. The number of rotatable bonds is 8. The molecule has 1 aromatic carbocycles. The minimum absolute atomic E-state index is 0.496. The van der Waals surface area contributed by atoms with Crippen LogP contribution in [0.5, 0.6) is 0 Å². The second-order valence-electron chi connectivity index (χ2n) is 5.78. The van der Waals surface area contributed by atoms with E-state index in [0.29, 0.717) is 17.9 Å². The first kappa shape index (κ1) is 16.2. The van der Waals surface area contributed by atoms with Crippen molar-refractivity contribution in [1.82, 2.24) is 5.32 Å². The van der Waals surface area contributed by atoms with Gasteiger partial charge in [0, 0.05) is 6.04 Å². The van der Waals surface area contributed by atoms with Crippen molar-refractivity contribution in [2.45, 2.75) is 65.8 Å². The summed E-state index contributed by atoms with van der Waals surface area (Å²) in [6.45, 7) is 12.4. The third-order valence-corrected chi connectivity index (χ3v) is 4.21. The van der Waals surface area contributed by atoms with Crippen molar-refractivity contribution in [3.05, 3.63) is 35.4 Å². The molecule has 1 rings (SSSR count). The van der Waals surface area contributed by atoms with Crippen molar-refractivity contribution in [2.75, 3.05) is 6.54 Å². The average molecular weight is 261 g/mol. The molecule has 0 bridgehead atoms. The summed E-state index contributed by atoms with van der Waals surface area (Å²) in [6.07, 6.45) is 3.75. The maximum absolute atomic E-state index is 3.65. The van der Waals surface area contributed by atoms with Crippen LogP contribution in [0.4, 0.5) is 0 Å². The van der Waals surface area contributed by atoms with Gasteiger partial charge >= 0.3 is 0 Å². The average Bonchev–Trinajstić information content (AvgIpc) is 2.44. The van der Waals surface area contributed by atoms with Gasteiger partial charge in [-0.3, -0.25) is 0 Å². The van der Waals surface area contributed by atoms with Crippen LogP contribution in [0.25, 0.3) is 0 Å². The van der Waals surface area contributed by atoms with Crippen LogP contribution in [0, 0.1) is 5.92 Å². The van der Waals surface area contributed by atoms with Gasteiger partial charge in [-0.2, -0.15) is 0 Å². The molecule has 0 aromatic heterocycles. The summed E-state index contributed by atoms with van der Waals surface area (Å²) in [6, 6.07) is 9.76. The lowest BCUT2D eigenvalue weighted by Gasteiger charge is -2.25. The molecule has 0 fully saturated rings. The first-order valence-electron chi connectivity index (χ1n) is 7.97. The van der Waals surface area contributed by atoms with Gasteiger partial charge in [0.25, 0.3) is 0 Å². The summed E-state index contributed by atoms with van der Waals surface area (Å²) in [5.74, 6) is 1.36. The molecule has 1 nitrogen and oxygen atoms in total. The highest BCUT2D eigenvalue weighted by molar-refractivity contribution is 5.27. The van der Waals surface area contributed by atoms with E-state index in [2.05, 4.69) is 64.2 Å². The van der Waals surface area contributed by atoms with Gasteiger partial charge in [0.05, 0.1) is 0 Å². The second-order valence-corrected chi connectivity index (χ2v) is 5.78. The first-order chi connectivity index (χ1) is 9.13. The van der Waals surface area contributed by atoms with Gasteiger partial charge in [-0.25, -0.2) is 0 Å². The maximum Gasteiger partial charge on any atom is 0.0345 e. The van der Waals surface area contributed by atoms with Crippen LogP contribution in [-0.2, 0) is 0 Å². The third-order valence-electron chi connectivity index (χ3n) is 4.21. The van der Waals surface area contributed by atoms with E-state index in [9.17, 15) is 0 Å². The van der Waals surface area contributed by atoms with E-state index in [1.807, 2.05) is 0 Å². The normalized spacial score (nSPS) is 16.1. The molecule has 0 saturated carbocycles. The first-order valence-corrected chi connectivity index (χ1v) is 7.97. The van der Waals surface area contributed by atoms with E-state index in [4.69, 9.17) is 0 Å². The lowest BCUT2D eigenvalue weighted by Crippen LogP contribution is -2.26. The van der Waals surface area contributed by atoms with Crippen LogP contribution in [0.1, 0.15) is 77.0 Å². The van der Waals surface area contributed by atoms with E-state index >= 15 is 0 Å². The number of nitrogens with one attached hydrogen (secondary N) is 1. The summed E-state index contributed by atoms with van der Waals surface area (Å²) >= 11 is 0. The van der Waals surface area contributed by atoms with Crippen molar-refractivity contribution >= 4 is 0 Å². The molecule has 0 aliphatic carbocycles. The fraction of sp³-hybridized carbons (Fsp3) is 0.667. The number of hydrogen-bond donors (Lipinski definition) is 1. The van der Waals surface area contributed by atoms with Crippen LogP contribution in [-0.4, -0.2) is 6.54 Å². The predicted molar refractivity (Wildman–Crippen MR) is 85.6 cm³/mol. The fourth-order valence-electron chi connectivity index (χ4n) is 2.76. The molecule has 3 unspecified atom stereocenters. The van der Waals surface area contributed by atoms with Gasteiger partial charge in [-0.05, 0) is 42.3 Å². The standard InChI is InChI=1S/C18H31N/c1-6-9-15(5)18(19-8-3)17-12-10-16(11-13-17)14(4)7-2/h10-15,18-19H,6-9H2,1-5H3. The topological polar surface area (TPSA) is 12.0 Å². The molecule has 0 radical (unpaired) electrons. The quantitative estimate of drug-likeness (QED) is 0.670. The lowest BCUT2D eigenvalue weighted by atomic mass is 9.89. The highest BCUT2D eigenvalue weighted by Gasteiger charge is 2.17. The Bertz CT molecular complexity index is 341. The molecule has 0 aliphatic heterocycles. The monoisotopic (exact) mass is 261 g/mol. The molecular weight excluding hydrogens is 230 g/mol. The summed E-state index contributed by atoms with van der Waals surface area (Å²) in [5.41, 5.74) is 2.90. The second kappa shape index (κ2) is 8.37. The van der Waals surface area contributed by atoms with Crippen molar-refractivity contribution in [2.24, 2.45) is 5.92 Å². The molecule has 0 saturated heterocycles.